The number of allylic oxidation sites excluding steroid dienone is 1. The number of nitro benzene ring substituents is 1. The highest BCUT2D eigenvalue weighted by molar-refractivity contribution is 6.18. The first-order chi connectivity index (χ1) is 21.8. The number of nitrogens with zero attached hydrogens (tertiary/aromatic N) is 2. The number of hydrogen-bond acceptors (Lipinski definition) is 6. The SMILES string of the molecule is CCCc1ccc(C(=O)[C@H]2[C@@H](C(=O)c3ccc([N+](=O)[O-])cc3)N3c4ccccc4C(C)=C[C@@H]3[C@]23C(=O)Nc2ccccc23)cc1. The summed E-state index contributed by atoms with van der Waals surface area (Å²) in [7, 11) is 0. The fourth-order valence-corrected chi connectivity index (χ4v) is 7.61. The molecule has 1 N–H and O–H groups in total. The van der Waals surface area contributed by atoms with E-state index < -0.39 is 28.3 Å². The second-order valence-corrected chi connectivity index (χ2v) is 12.0. The smallest absolute Gasteiger partial charge is 0.269 e. The molecule has 7 rings (SSSR count). The Morgan fingerprint density at radius 2 is 1.53 bits per heavy atom. The molecule has 4 atom stereocenters. The van der Waals surface area contributed by atoms with Crippen molar-refractivity contribution in [3.8, 4) is 0 Å². The van der Waals surface area contributed by atoms with Crippen molar-refractivity contribution in [3.63, 3.8) is 0 Å². The summed E-state index contributed by atoms with van der Waals surface area (Å²) < 4.78 is 0. The van der Waals surface area contributed by atoms with E-state index in [1.807, 2.05) is 78.6 Å². The molecular weight excluding hydrogens is 566 g/mol. The Labute approximate surface area is 260 Å². The summed E-state index contributed by atoms with van der Waals surface area (Å²) in [6, 6.07) is 26.3. The maximum absolute atomic E-state index is 15.0. The third-order valence-electron chi connectivity index (χ3n) is 9.57. The van der Waals surface area contributed by atoms with Crippen LogP contribution in [0.1, 0.15) is 57.7 Å². The number of aryl methyl sites for hydroxylation is 1. The molecule has 0 saturated carbocycles. The molecule has 0 bridgehead atoms. The molecule has 0 aromatic heterocycles. The summed E-state index contributed by atoms with van der Waals surface area (Å²) >= 11 is 0. The molecule has 3 heterocycles. The highest BCUT2D eigenvalue weighted by atomic mass is 16.6. The number of nitro groups is 1. The number of rotatable bonds is 7. The zero-order chi connectivity index (χ0) is 31.5. The van der Waals surface area contributed by atoms with Gasteiger partial charge in [0, 0.05) is 40.2 Å². The van der Waals surface area contributed by atoms with Crippen molar-refractivity contribution >= 4 is 40.1 Å². The summed E-state index contributed by atoms with van der Waals surface area (Å²) in [6.45, 7) is 4.08. The normalized spacial score (nSPS) is 22.7. The number of anilines is 2. The maximum Gasteiger partial charge on any atom is 0.269 e. The van der Waals surface area contributed by atoms with Crippen LogP contribution in [-0.4, -0.2) is 34.5 Å². The van der Waals surface area contributed by atoms with Crippen molar-refractivity contribution in [3.05, 3.63) is 141 Å². The van der Waals surface area contributed by atoms with Crippen LogP contribution in [0.3, 0.4) is 0 Å². The predicted molar refractivity (Wildman–Crippen MR) is 173 cm³/mol. The second kappa shape index (κ2) is 10.7. The number of amides is 1. The van der Waals surface area contributed by atoms with Gasteiger partial charge in [-0.1, -0.05) is 80.1 Å². The number of non-ortho nitro benzene ring substituents is 1. The van der Waals surface area contributed by atoms with E-state index in [9.17, 15) is 24.5 Å². The molecule has 3 aliphatic heterocycles. The van der Waals surface area contributed by atoms with E-state index in [2.05, 4.69) is 12.2 Å². The van der Waals surface area contributed by atoms with E-state index in [1.165, 1.54) is 24.3 Å². The first-order valence-electron chi connectivity index (χ1n) is 15.2. The number of carbonyl (C=O) groups excluding carboxylic acids is 3. The van der Waals surface area contributed by atoms with Gasteiger partial charge in [0.15, 0.2) is 11.6 Å². The van der Waals surface area contributed by atoms with Crippen molar-refractivity contribution in [1.82, 2.24) is 0 Å². The fraction of sp³-hybridized carbons (Fsp3) is 0.216. The van der Waals surface area contributed by atoms with Gasteiger partial charge in [-0.2, -0.15) is 0 Å². The van der Waals surface area contributed by atoms with Gasteiger partial charge in [-0.15, -0.1) is 0 Å². The number of carbonyl (C=O) groups is 3. The minimum atomic E-state index is -1.42. The molecule has 8 nitrogen and oxygen atoms in total. The molecule has 1 saturated heterocycles. The lowest BCUT2D eigenvalue weighted by Crippen LogP contribution is -2.51. The van der Waals surface area contributed by atoms with Crippen LogP contribution in [-0.2, 0) is 16.6 Å². The maximum atomic E-state index is 15.0. The average Bonchev–Trinajstić information content (AvgIpc) is 3.53. The standard InChI is InChI=1S/C37H31N3O5/c1-3-8-23-13-15-24(16-14-23)34(41)32-33(35(42)25-17-19-26(20-18-25)40(44)45)39-30-12-7-4-9-27(30)22(2)21-31(39)37(32)28-10-5-6-11-29(28)38-36(37)43/h4-7,9-21,31-33H,3,8H2,1-2H3,(H,38,43)/t31-,32-,33+,37+/m1/s1. The summed E-state index contributed by atoms with van der Waals surface area (Å²) in [6.07, 6.45) is 3.84. The average molecular weight is 598 g/mol. The lowest BCUT2D eigenvalue weighted by Gasteiger charge is -2.39. The van der Waals surface area contributed by atoms with E-state index in [1.54, 1.807) is 12.1 Å². The molecule has 224 valence electrons. The topological polar surface area (TPSA) is 110 Å². The van der Waals surface area contributed by atoms with Gasteiger partial charge in [-0.05, 0) is 54.3 Å². The Morgan fingerprint density at radius 3 is 2.24 bits per heavy atom. The van der Waals surface area contributed by atoms with Gasteiger partial charge in [0.2, 0.25) is 5.91 Å². The Hall–Kier alpha value is -5.37. The molecule has 1 amide bonds. The third-order valence-corrected chi connectivity index (χ3v) is 9.57. The van der Waals surface area contributed by atoms with Crippen LogP contribution >= 0.6 is 0 Å². The highest BCUT2D eigenvalue weighted by Gasteiger charge is 2.70. The molecular formula is C37H31N3O5. The molecule has 0 radical (unpaired) electrons. The third kappa shape index (κ3) is 4.16. The van der Waals surface area contributed by atoms with Gasteiger partial charge < -0.3 is 10.2 Å². The van der Waals surface area contributed by atoms with Crippen molar-refractivity contribution < 1.29 is 19.3 Å². The van der Waals surface area contributed by atoms with Crippen molar-refractivity contribution in [2.45, 2.75) is 44.2 Å². The minimum Gasteiger partial charge on any atom is -0.352 e. The van der Waals surface area contributed by atoms with Crippen LogP contribution in [0.15, 0.2) is 103 Å². The molecule has 1 spiro atoms. The minimum absolute atomic E-state index is 0.141. The molecule has 4 aromatic carbocycles. The number of para-hydroxylation sites is 2. The lowest BCUT2D eigenvalue weighted by atomic mass is 9.64. The molecule has 3 aliphatic rings. The van der Waals surface area contributed by atoms with E-state index >= 15 is 0 Å². The van der Waals surface area contributed by atoms with E-state index in [0.29, 0.717) is 16.8 Å². The zero-order valence-electron chi connectivity index (χ0n) is 24.9. The van der Waals surface area contributed by atoms with Gasteiger partial charge in [0.25, 0.3) is 5.69 Å². The number of fused-ring (bicyclic) bond motifs is 6. The summed E-state index contributed by atoms with van der Waals surface area (Å²) in [5.74, 6) is -2.13. The quantitative estimate of drug-likeness (QED) is 0.143. The monoisotopic (exact) mass is 597 g/mol. The van der Waals surface area contributed by atoms with Crippen LogP contribution in [0.5, 0.6) is 0 Å². The number of benzene rings is 4. The summed E-state index contributed by atoms with van der Waals surface area (Å²) in [4.78, 5) is 57.2. The molecule has 0 aliphatic carbocycles. The summed E-state index contributed by atoms with van der Waals surface area (Å²) in [5.41, 5.74) is 4.09. The molecule has 0 unspecified atom stereocenters. The first kappa shape index (κ1) is 28.4. The molecule has 1 fully saturated rings. The van der Waals surface area contributed by atoms with Gasteiger partial charge in [-0.3, -0.25) is 24.5 Å². The lowest BCUT2D eigenvalue weighted by molar-refractivity contribution is -0.384. The predicted octanol–water partition coefficient (Wildman–Crippen LogP) is 6.79. The van der Waals surface area contributed by atoms with Crippen LogP contribution in [0, 0.1) is 16.0 Å². The van der Waals surface area contributed by atoms with Gasteiger partial charge in [-0.25, -0.2) is 0 Å². The van der Waals surface area contributed by atoms with Crippen LogP contribution in [0.25, 0.3) is 5.57 Å². The Morgan fingerprint density at radius 1 is 0.889 bits per heavy atom. The molecule has 4 aromatic rings. The number of Topliss-reactive ketones (excluding diaryl/α,β-unsaturated/α-hetero) is 2. The first-order valence-corrected chi connectivity index (χ1v) is 15.2. The van der Waals surface area contributed by atoms with Crippen LogP contribution in [0.4, 0.5) is 17.1 Å². The van der Waals surface area contributed by atoms with E-state index in [0.717, 1.165) is 35.2 Å². The molecule has 45 heavy (non-hydrogen) atoms. The van der Waals surface area contributed by atoms with Crippen molar-refractivity contribution in [1.29, 1.82) is 0 Å². The van der Waals surface area contributed by atoms with E-state index in [4.69, 9.17) is 0 Å². The van der Waals surface area contributed by atoms with Gasteiger partial charge >= 0.3 is 0 Å². The Bertz CT molecular complexity index is 1910. The number of nitrogens with one attached hydrogen (secondary N) is 1. The van der Waals surface area contributed by atoms with Gasteiger partial charge in [0.05, 0.1) is 16.9 Å². The second-order valence-electron chi connectivity index (χ2n) is 12.0. The Kier molecular flexibility index (Phi) is 6.73. The highest BCUT2D eigenvalue weighted by Crippen LogP contribution is 2.58. The fourth-order valence-electron chi connectivity index (χ4n) is 7.61. The van der Waals surface area contributed by atoms with Crippen molar-refractivity contribution in [2.75, 3.05) is 10.2 Å². The molecule has 8 heteroatoms. The van der Waals surface area contributed by atoms with E-state index in [-0.39, 0.29) is 28.7 Å². The van der Waals surface area contributed by atoms with Crippen molar-refractivity contribution in [2.24, 2.45) is 5.92 Å². The Balaban J connectivity index is 1.50. The number of hydrogen-bond donors (Lipinski definition) is 1. The van der Waals surface area contributed by atoms with Gasteiger partial charge in [0.1, 0.15) is 11.5 Å². The number of ketones is 2. The van der Waals surface area contributed by atoms with Crippen LogP contribution in [0.2, 0.25) is 0 Å². The largest absolute Gasteiger partial charge is 0.352 e. The van der Waals surface area contributed by atoms with Crippen LogP contribution < -0.4 is 10.2 Å². The summed E-state index contributed by atoms with van der Waals surface area (Å²) in [5, 5.41) is 14.4. The zero-order valence-corrected chi connectivity index (χ0v) is 24.9.